The number of ether oxygens (including phenoxy) is 2. The highest BCUT2D eigenvalue weighted by Crippen LogP contribution is 2.62. The number of amides is 1. The molecule has 0 aromatic heterocycles. The Hall–Kier alpha value is -2.04. The van der Waals surface area contributed by atoms with Gasteiger partial charge in [-0.25, -0.2) is 10.3 Å². The van der Waals surface area contributed by atoms with Gasteiger partial charge in [0, 0.05) is 41.3 Å². The van der Waals surface area contributed by atoms with Crippen molar-refractivity contribution >= 4 is 16.9 Å². The van der Waals surface area contributed by atoms with Crippen LogP contribution < -0.4 is 10.2 Å². The van der Waals surface area contributed by atoms with Gasteiger partial charge < -0.3 is 19.6 Å². The van der Waals surface area contributed by atoms with Crippen molar-refractivity contribution in [2.75, 3.05) is 31.2 Å². The maximum Gasteiger partial charge on any atom is 0.453 e. The van der Waals surface area contributed by atoms with E-state index in [1.165, 1.54) is 0 Å². The molecule has 1 aromatic carbocycles. The summed E-state index contributed by atoms with van der Waals surface area (Å²) in [7, 11) is -1.57. The predicted molar refractivity (Wildman–Crippen MR) is 159 cm³/mol. The minimum Gasteiger partial charge on any atom is -0.410 e. The molecule has 16 heteroatoms. The normalized spacial score (nSPS) is 31.5. The summed E-state index contributed by atoms with van der Waals surface area (Å²) >= 11 is 0. The van der Waals surface area contributed by atoms with Crippen LogP contribution in [0, 0.1) is 23.2 Å². The van der Waals surface area contributed by atoms with Gasteiger partial charge in [0.2, 0.25) is 0 Å². The molecule has 1 saturated heterocycles. The Labute approximate surface area is 276 Å². The van der Waals surface area contributed by atoms with Crippen LogP contribution in [0.15, 0.2) is 18.2 Å². The standard InChI is InChI=1S/C32H42F8N2O5S/c1-29-11-9-23-22-6-5-21(47-28(43)42-12-13-46-26(18-42)31(35,36)37)17-20(22)16-19(27(23)24(29)7-8-25(29)41-44)4-2-14-48(45)15-3-10-30(33,34)32(38,39)40/h5-6,17,19,23-27,41,44H,2-4,7-16,18H2,1H3/t19-,23-,24+,25?,26?,27-,29+,48?/m1/s1. The Kier molecular flexibility index (Phi) is 11.1. The summed E-state index contributed by atoms with van der Waals surface area (Å²) in [5.41, 5.74) is 4.40. The molecule has 5 rings (SSSR count). The quantitative estimate of drug-likeness (QED) is 0.194. The van der Waals surface area contributed by atoms with Crippen LogP contribution in [-0.2, 0) is 22.0 Å². The zero-order chi connectivity index (χ0) is 35.1. The molecule has 1 amide bonds. The van der Waals surface area contributed by atoms with Gasteiger partial charge in [0.1, 0.15) is 5.75 Å². The number of halogens is 8. The zero-order valence-electron chi connectivity index (χ0n) is 26.6. The molecule has 3 aliphatic carbocycles. The first kappa shape index (κ1) is 37.2. The number of carbonyl (C=O) groups excluding carboxylic acids is 1. The Bertz CT molecular complexity index is 1330. The molecule has 3 unspecified atom stereocenters. The van der Waals surface area contributed by atoms with Crippen molar-refractivity contribution in [2.24, 2.45) is 23.2 Å². The summed E-state index contributed by atoms with van der Waals surface area (Å²) in [6.07, 6.45) is -10.1. The number of hydroxylamine groups is 1. The van der Waals surface area contributed by atoms with Gasteiger partial charge in [-0.15, -0.1) is 0 Å². The molecule has 7 nitrogen and oxygen atoms in total. The van der Waals surface area contributed by atoms with Crippen LogP contribution in [0.5, 0.6) is 5.75 Å². The van der Waals surface area contributed by atoms with Gasteiger partial charge >= 0.3 is 24.4 Å². The average Bonchev–Trinajstić information content (AvgIpc) is 3.36. The second-order valence-electron chi connectivity index (χ2n) is 13.9. The lowest BCUT2D eigenvalue weighted by Crippen LogP contribution is -2.51. The van der Waals surface area contributed by atoms with Gasteiger partial charge in [-0.3, -0.25) is 4.21 Å². The number of morpholine rings is 1. The van der Waals surface area contributed by atoms with E-state index in [0.29, 0.717) is 19.3 Å². The number of nitrogens with one attached hydrogen (secondary N) is 1. The van der Waals surface area contributed by atoms with Crippen molar-refractivity contribution in [3.63, 3.8) is 0 Å². The Morgan fingerprint density at radius 1 is 1.10 bits per heavy atom. The highest BCUT2D eigenvalue weighted by Gasteiger charge is 2.58. The Balaban J connectivity index is 1.28. The van der Waals surface area contributed by atoms with Crippen LogP contribution >= 0.6 is 0 Å². The van der Waals surface area contributed by atoms with Crippen LogP contribution in [0.3, 0.4) is 0 Å². The minimum atomic E-state index is -5.64. The number of fused-ring (bicyclic) bond motifs is 5. The fourth-order valence-electron chi connectivity index (χ4n) is 8.71. The zero-order valence-corrected chi connectivity index (χ0v) is 27.4. The summed E-state index contributed by atoms with van der Waals surface area (Å²) < 4.78 is 126. The van der Waals surface area contributed by atoms with Gasteiger partial charge in [-0.1, -0.05) is 13.0 Å². The van der Waals surface area contributed by atoms with Crippen LogP contribution in [0.2, 0.25) is 0 Å². The van der Waals surface area contributed by atoms with E-state index < -0.39 is 60.7 Å². The third-order valence-corrected chi connectivity index (χ3v) is 12.6. The van der Waals surface area contributed by atoms with E-state index in [1.807, 2.05) is 6.07 Å². The predicted octanol–water partition coefficient (Wildman–Crippen LogP) is 7.38. The smallest absolute Gasteiger partial charge is 0.410 e. The minimum absolute atomic E-state index is 0.0435. The number of hydrogen-bond donors (Lipinski definition) is 2. The molecule has 4 aliphatic rings. The summed E-state index contributed by atoms with van der Waals surface area (Å²) in [6.45, 7) is 1.20. The molecule has 2 N–H and O–H groups in total. The van der Waals surface area contributed by atoms with Gasteiger partial charge in [0.15, 0.2) is 6.10 Å². The van der Waals surface area contributed by atoms with Crippen molar-refractivity contribution in [3.05, 3.63) is 29.3 Å². The summed E-state index contributed by atoms with van der Waals surface area (Å²) in [4.78, 5) is 13.8. The molecule has 3 fully saturated rings. The van der Waals surface area contributed by atoms with Crippen molar-refractivity contribution in [1.82, 2.24) is 10.4 Å². The van der Waals surface area contributed by atoms with Gasteiger partial charge in [-0.2, -0.15) is 35.1 Å². The lowest BCUT2D eigenvalue weighted by atomic mass is 9.52. The maximum atomic E-state index is 13.3. The third kappa shape index (κ3) is 7.80. The Morgan fingerprint density at radius 2 is 1.83 bits per heavy atom. The van der Waals surface area contributed by atoms with Crippen LogP contribution in [-0.4, -0.2) is 82.0 Å². The maximum absolute atomic E-state index is 13.3. The third-order valence-electron chi connectivity index (χ3n) is 11.1. The molecule has 48 heavy (non-hydrogen) atoms. The molecule has 0 radical (unpaired) electrons. The molecular weight excluding hydrogens is 676 g/mol. The van der Waals surface area contributed by atoms with E-state index in [9.17, 15) is 49.3 Å². The number of nitrogens with zero attached hydrogens (tertiary/aromatic N) is 1. The monoisotopic (exact) mass is 718 g/mol. The fourth-order valence-corrected chi connectivity index (χ4v) is 9.87. The molecule has 1 heterocycles. The topological polar surface area (TPSA) is 88.1 Å². The second kappa shape index (κ2) is 14.3. The van der Waals surface area contributed by atoms with Crippen molar-refractivity contribution in [3.8, 4) is 5.75 Å². The highest BCUT2D eigenvalue weighted by molar-refractivity contribution is 7.84. The molecule has 8 atom stereocenters. The number of rotatable bonds is 10. The van der Waals surface area contributed by atoms with Crippen LogP contribution in [0.4, 0.5) is 39.9 Å². The Morgan fingerprint density at radius 3 is 2.52 bits per heavy atom. The second-order valence-corrected chi connectivity index (χ2v) is 15.6. The first-order valence-corrected chi connectivity index (χ1v) is 17.9. The summed E-state index contributed by atoms with van der Waals surface area (Å²) in [5.74, 6) is -3.97. The largest absolute Gasteiger partial charge is 0.453 e. The van der Waals surface area contributed by atoms with Crippen LogP contribution in [0.25, 0.3) is 0 Å². The molecule has 2 saturated carbocycles. The van der Waals surface area contributed by atoms with E-state index in [-0.39, 0.29) is 65.5 Å². The molecule has 0 spiro atoms. The van der Waals surface area contributed by atoms with Gasteiger partial charge in [0.05, 0.1) is 13.2 Å². The van der Waals surface area contributed by atoms with E-state index in [0.717, 1.165) is 41.7 Å². The van der Waals surface area contributed by atoms with E-state index in [1.54, 1.807) is 12.1 Å². The van der Waals surface area contributed by atoms with Crippen molar-refractivity contribution in [2.45, 2.75) is 101 Å². The molecule has 272 valence electrons. The van der Waals surface area contributed by atoms with Crippen molar-refractivity contribution < 1.29 is 58.8 Å². The number of carbonyl (C=O) groups is 1. The van der Waals surface area contributed by atoms with Crippen LogP contribution in [0.1, 0.15) is 75.3 Å². The fraction of sp³-hybridized carbons (Fsp3) is 0.781. The van der Waals surface area contributed by atoms with Crippen molar-refractivity contribution in [1.29, 1.82) is 0 Å². The number of hydrogen-bond acceptors (Lipinski definition) is 6. The lowest BCUT2D eigenvalue weighted by Gasteiger charge is -2.53. The number of benzene rings is 1. The van der Waals surface area contributed by atoms with Gasteiger partial charge in [0.25, 0.3) is 0 Å². The summed E-state index contributed by atoms with van der Waals surface area (Å²) in [6, 6.07) is 5.25. The summed E-state index contributed by atoms with van der Waals surface area (Å²) in [5, 5.41) is 9.91. The SMILES string of the molecule is C[C@]12CC[C@@H]3c4ccc(OC(=O)N5CCOC(C(F)(F)F)C5)cc4C[C@@H](CCCS(=O)CCCC(F)(F)C(F)(F)F)[C@H]3[C@@H]1CCC2NO. The van der Waals surface area contributed by atoms with E-state index in [2.05, 4.69) is 12.4 Å². The highest BCUT2D eigenvalue weighted by atomic mass is 32.2. The van der Waals surface area contributed by atoms with E-state index in [4.69, 9.17) is 9.47 Å². The molecular formula is C32H42F8N2O5S. The first-order chi connectivity index (χ1) is 22.4. The van der Waals surface area contributed by atoms with E-state index >= 15 is 0 Å². The molecule has 1 aliphatic heterocycles. The van der Waals surface area contributed by atoms with Gasteiger partial charge in [-0.05, 0) is 104 Å². The average molecular weight is 719 g/mol. The molecule has 1 aromatic rings. The number of alkyl halides is 8. The lowest BCUT2D eigenvalue weighted by molar-refractivity contribution is -0.284. The first-order valence-electron chi connectivity index (χ1n) is 16.4. The molecule has 0 bridgehead atoms.